The highest BCUT2D eigenvalue weighted by molar-refractivity contribution is 7.99. The number of nitrogens with zero attached hydrogens (tertiary/aromatic N) is 4. The van der Waals surface area contributed by atoms with Gasteiger partial charge in [0, 0.05) is 6.54 Å². The molecule has 29 heavy (non-hydrogen) atoms. The Morgan fingerprint density at radius 1 is 1.14 bits per heavy atom. The number of imidazole rings is 1. The third-order valence-electron chi connectivity index (χ3n) is 5.55. The maximum absolute atomic E-state index is 6.09. The summed E-state index contributed by atoms with van der Waals surface area (Å²) in [6, 6.07) is 5.67. The van der Waals surface area contributed by atoms with Gasteiger partial charge in [0.1, 0.15) is 11.5 Å². The monoisotopic (exact) mass is 413 g/mol. The van der Waals surface area contributed by atoms with Crippen LogP contribution >= 0.6 is 11.8 Å². The molecule has 2 heterocycles. The summed E-state index contributed by atoms with van der Waals surface area (Å²) in [6.07, 6.45) is 9.67. The lowest BCUT2D eigenvalue weighted by molar-refractivity contribution is 0.323. The summed E-state index contributed by atoms with van der Waals surface area (Å²) in [7, 11) is 3.29. The molecule has 1 aliphatic carbocycles. The van der Waals surface area contributed by atoms with Crippen molar-refractivity contribution in [3.63, 3.8) is 0 Å². The first kappa shape index (κ1) is 19.8. The zero-order chi connectivity index (χ0) is 20.2. The molecule has 0 unspecified atom stereocenters. The Morgan fingerprint density at radius 3 is 2.72 bits per heavy atom. The summed E-state index contributed by atoms with van der Waals surface area (Å²) in [6.45, 7) is 0.889. The molecular formula is C21H27N5O2S. The molecule has 2 N–H and O–H groups in total. The van der Waals surface area contributed by atoms with Gasteiger partial charge in [0.25, 0.3) is 0 Å². The fraction of sp³-hybridized carbons (Fsp3) is 0.476. The Morgan fingerprint density at radius 2 is 1.97 bits per heavy atom. The Labute approximate surface area is 175 Å². The number of fused-ring (bicyclic) bond motifs is 1. The van der Waals surface area contributed by atoms with E-state index in [1.165, 1.54) is 43.9 Å². The minimum atomic E-state index is 0.408. The van der Waals surface area contributed by atoms with Gasteiger partial charge >= 0.3 is 0 Å². The fourth-order valence-electron chi connectivity index (χ4n) is 3.90. The molecule has 1 aromatic carbocycles. The number of aryl methyl sites for hydroxylation is 1. The lowest BCUT2D eigenvalue weighted by Crippen LogP contribution is -2.13. The predicted molar refractivity (Wildman–Crippen MR) is 114 cm³/mol. The van der Waals surface area contributed by atoms with Crippen molar-refractivity contribution in [2.75, 3.05) is 20.0 Å². The van der Waals surface area contributed by atoms with Crippen LogP contribution in [0.25, 0.3) is 11.5 Å². The van der Waals surface area contributed by atoms with Crippen LogP contribution < -0.4 is 15.2 Å². The fourth-order valence-corrected chi connectivity index (χ4v) is 4.80. The molecule has 4 rings (SSSR count). The van der Waals surface area contributed by atoms with Crippen molar-refractivity contribution in [2.24, 2.45) is 5.92 Å². The molecule has 7 nitrogen and oxygen atoms in total. The van der Waals surface area contributed by atoms with Crippen LogP contribution in [0, 0.1) is 5.92 Å². The number of ether oxygens (including phenoxy) is 2. The van der Waals surface area contributed by atoms with Gasteiger partial charge in [0.15, 0.2) is 22.5 Å². The zero-order valence-electron chi connectivity index (χ0n) is 16.9. The smallest absolute Gasteiger partial charge is 0.195 e. The number of anilines is 1. The average molecular weight is 414 g/mol. The number of hydrogen-bond donors (Lipinski definition) is 1. The van der Waals surface area contributed by atoms with Crippen LogP contribution in [-0.2, 0) is 6.54 Å². The van der Waals surface area contributed by atoms with E-state index in [0.29, 0.717) is 16.7 Å². The Bertz CT molecular complexity index is 939. The molecule has 0 aromatic heterocycles. The number of rotatable bonds is 7. The molecule has 1 aromatic rings. The van der Waals surface area contributed by atoms with E-state index in [2.05, 4.69) is 14.5 Å². The van der Waals surface area contributed by atoms with Gasteiger partial charge in [-0.3, -0.25) is 0 Å². The lowest BCUT2D eigenvalue weighted by atomic mass is 9.87. The van der Waals surface area contributed by atoms with Crippen molar-refractivity contribution in [3.05, 3.63) is 24.5 Å². The van der Waals surface area contributed by atoms with Crippen LogP contribution in [0.15, 0.2) is 34.6 Å². The zero-order valence-corrected chi connectivity index (χ0v) is 17.7. The van der Waals surface area contributed by atoms with E-state index in [1.807, 2.05) is 18.2 Å². The van der Waals surface area contributed by atoms with Gasteiger partial charge < -0.3 is 19.8 Å². The van der Waals surface area contributed by atoms with Crippen LogP contribution in [-0.4, -0.2) is 33.7 Å². The number of nitrogen functional groups attached to an aromatic ring is 1. The number of nitrogens with two attached hydrogens (primary N) is 1. The Kier molecular flexibility index (Phi) is 6.08. The molecule has 2 aliphatic heterocycles. The van der Waals surface area contributed by atoms with Crippen molar-refractivity contribution in [1.82, 2.24) is 19.5 Å². The molecular weight excluding hydrogens is 386 g/mol. The molecule has 3 aliphatic rings. The third-order valence-corrected chi connectivity index (χ3v) is 6.45. The normalized spacial score (nSPS) is 15.0. The third kappa shape index (κ3) is 4.42. The molecule has 0 atom stereocenters. The van der Waals surface area contributed by atoms with Crippen molar-refractivity contribution >= 4 is 17.6 Å². The lowest BCUT2D eigenvalue weighted by Gasteiger charge is -2.22. The molecule has 0 spiro atoms. The van der Waals surface area contributed by atoms with Gasteiger partial charge in [0.2, 0.25) is 0 Å². The van der Waals surface area contributed by atoms with E-state index in [9.17, 15) is 0 Å². The summed E-state index contributed by atoms with van der Waals surface area (Å²) in [4.78, 5) is 14.6. The summed E-state index contributed by atoms with van der Waals surface area (Å²) < 4.78 is 12.9. The SMILES string of the molecule is COc1ccc(OC)c(Sc2nc3c(N)ncn(CCC4CCCCC4)c-3n2)c1. The molecule has 0 amide bonds. The summed E-state index contributed by atoms with van der Waals surface area (Å²) in [5, 5.41) is 0.623. The molecule has 1 saturated carbocycles. The van der Waals surface area contributed by atoms with E-state index in [4.69, 9.17) is 20.2 Å². The minimum absolute atomic E-state index is 0.408. The van der Waals surface area contributed by atoms with E-state index in [0.717, 1.165) is 41.1 Å². The molecule has 0 radical (unpaired) electrons. The second kappa shape index (κ2) is 8.90. The Balaban J connectivity index is 1.58. The molecule has 154 valence electrons. The molecule has 1 fully saturated rings. The average Bonchev–Trinajstić information content (AvgIpc) is 3.18. The standard InChI is InChI=1S/C21H27N5O2S/c1-27-15-8-9-16(28-2)17(12-15)29-21-24-18-19(22)23-13-26(20(18)25-21)11-10-14-6-4-3-5-7-14/h8-9,12-14H,3-7,10-11,22H2,1-2H3. The van der Waals surface area contributed by atoms with Crippen molar-refractivity contribution in [1.29, 1.82) is 0 Å². The first-order valence-corrected chi connectivity index (χ1v) is 10.9. The van der Waals surface area contributed by atoms with Gasteiger partial charge in [-0.2, -0.15) is 0 Å². The highest BCUT2D eigenvalue weighted by atomic mass is 32.2. The van der Waals surface area contributed by atoms with Crippen LogP contribution in [0.5, 0.6) is 11.5 Å². The molecule has 0 saturated heterocycles. The molecule has 8 heteroatoms. The minimum Gasteiger partial charge on any atom is -0.497 e. The van der Waals surface area contributed by atoms with Gasteiger partial charge in [0.05, 0.1) is 25.4 Å². The predicted octanol–water partition coefficient (Wildman–Crippen LogP) is 4.50. The maximum atomic E-state index is 6.09. The highest BCUT2D eigenvalue weighted by Gasteiger charge is 2.21. The van der Waals surface area contributed by atoms with Gasteiger partial charge in [-0.15, -0.1) is 0 Å². The van der Waals surface area contributed by atoms with Crippen molar-refractivity contribution in [3.8, 4) is 23.0 Å². The number of methoxy groups -OCH3 is 2. The number of aromatic nitrogens is 4. The topological polar surface area (TPSA) is 88.1 Å². The van der Waals surface area contributed by atoms with Gasteiger partial charge in [-0.05, 0) is 42.3 Å². The quantitative estimate of drug-likeness (QED) is 0.610. The van der Waals surface area contributed by atoms with E-state index in [-0.39, 0.29) is 0 Å². The second-order valence-electron chi connectivity index (χ2n) is 7.41. The number of hydrogen-bond acceptors (Lipinski definition) is 7. The first-order valence-electron chi connectivity index (χ1n) is 10.1. The Hall–Kier alpha value is -2.48. The van der Waals surface area contributed by atoms with Crippen LogP contribution in [0.2, 0.25) is 0 Å². The molecule has 0 bridgehead atoms. The van der Waals surface area contributed by atoms with E-state index >= 15 is 0 Å². The van der Waals surface area contributed by atoms with Crippen LogP contribution in [0.1, 0.15) is 38.5 Å². The summed E-state index contributed by atoms with van der Waals surface area (Å²) in [5.41, 5.74) is 6.74. The largest absolute Gasteiger partial charge is 0.497 e. The van der Waals surface area contributed by atoms with E-state index in [1.54, 1.807) is 20.5 Å². The highest BCUT2D eigenvalue weighted by Crippen LogP contribution is 2.38. The van der Waals surface area contributed by atoms with Crippen molar-refractivity contribution < 1.29 is 9.47 Å². The van der Waals surface area contributed by atoms with Crippen molar-refractivity contribution in [2.45, 2.75) is 55.1 Å². The van der Waals surface area contributed by atoms with E-state index < -0.39 is 0 Å². The maximum Gasteiger partial charge on any atom is 0.195 e. The summed E-state index contributed by atoms with van der Waals surface area (Å²) >= 11 is 1.43. The number of benzene rings is 1. The summed E-state index contributed by atoms with van der Waals surface area (Å²) in [5.74, 6) is 3.50. The van der Waals surface area contributed by atoms with Crippen LogP contribution in [0.4, 0.5) is 5.82 Å². The first-order chi connectivity index (χ1) is 14.2. The van der Waals surface area contributed by atoms with Gasteiger partial charge in [-0.25, -0.2) is 15.0 Å². The second-order valence-corrected chi connectivity index (χ2v) is 8.42. The van der Waals surface area contributed by atoms with Crippen LogP contribution in [0.3, 0.4) is 0 Å². The van der Waals surface area contributed by atoms with Gasteiger partial charge in [-0.1, -0.05) is 32.1 Å².